The van der Waals surface area contributed by atoms with Crippen LogP contribution in [0.25, 0.3) is 0 Å². The Hall–Kier alpha value is 0.640. The van der Waals surface area contributed by atoms with Crippen molar-refractivity contribution < 1.29 is 31.3 Å². The molecule has 17 heavy (non-hydrogen) atoms. The normalized spacial score (nSPS) is 45.9. The molecule has 5 heteroatoms. The molecule has 0 aromatic carbocycles. The minimum atomic E-state index is -2.83. The van der Waals surface area contributed by atoms with Crippen LogP contribution in [0.5, 0.6) is 0 Å². The predicted molar refractivity (Wildman–Crippen MR) is 63.9 cm³/mol. The van der Waals surface area contributed by atoms with Crippen molar-refractivity contribution in [3.05, 3.63) is 0 Å². The largest absolute Gasteiger partial charge is 0.372 e. The summed E-state index contributed by atoms with van der Waals surface area (Å²) in [4.78, 5) is 0. The third-order valence-corrected chi connectivity index (χ3v) is 8.61. The fourth-order valence-electron chi connectivity index (χ4n) is 4.20. The van der Waals surface area contributed by atoms with Gasteiger partial charge in [0.1, 0.15) is 5.88 Å². The second-order valence-electron chi connectivity index (χ2n) is 5.88. The first-order valence-electron chi connectivity index (χ1n) is 6.75. The molecule has 1 saturated heterocycles. The van der Waals surface area contributed by atoms with E-state index in [1.54, 1.807) is 0 Å². The molecule has 2 saturated carbocycles. The quantitative estimate of drug-likeness (QED) is 0.389. The lowest BCUT2D eigenvalue weighted by Crippen LogP contribution is -3.42. The smallest absolute Gasteiger partial charge is 0.227 e. The zero-order chi connectivity index (χ0) is 12.0. The van der Waals surface area contributed by atoms with E-state index >= 15 is 0 Å². The van der Waals surface area contributed by atoms with Gasteiger partial charge in [0, 0.05) is 0 Å². The summed E-state index contributed by atoms with van der Waals surface area (Å²) >= 11 is 1.93. The monoisotopic (exact) mass is 370 g/mol. The summed E-state index contributed by atoms with van der Waals surface area (Å²) in [7, 11) is -2.83. The molecule has 3 fully saturated rings. The minimum Gasteiger partial charge on any atom is -0.227 e. The van der Waals surface area contributed by atoms with E-state index in [-0.39, 0.29) is 5.25 Å². The van der Waals surface area contributed by atoms with Gasteiger partial charge in [0.2, 0.25) is 0 Å². The summed E-state index contributed by atoms with van der Waals surface area (Å²) in [5.41, 5.74) is 0. The number of hydrogen-bond acceptors (Lipinski definition) is 3. The average Bonchev–Trinajstić information content (AvgIpc) is 2.45. The lowest BCUT2D eigenvalue weighted by molar-refractivity contribution is -0.581. The molecule has 0 N–H and O–H groups in total. The lowest BCUT2D eigenvalue weighted by atomic mass is 9.73. The molecule has 3 rings (SSSR count). The minimum absolute atomic E-state index is 0.0467. The molecule has 2 aliphatic carbocycles. The van der Waals surface area contributed by atoms with Crippen LogP contribution < -0.4 is 22.9 Å². The first kappa shape index (κ1) is 12.7. The molecule has 0 amide bonds. The molecular formula is C12H21INO2S+. The third-order valence-electron chi connectivity index (χ3n) is 4.96. The summed E-state index contributed by atoms with van der Waals surface area (Å²) in [5.74, 6) is 1.76. The Labute approximate surface area is 118 Å². The summed E-state index contributed by atoms with van der Waals surface area (Å²) in [5, 5.41) is -0.0467. The van der Waals surface area contributed by atoms with E-state index in [1.807, 2.05) is 22.9 Å². The zero-order valence-corrected chi connectivity index (χ0v) is 13.2. The summed E-state index contributed by atoms with van der Waals surface area (Å²) in [6, 6.07) is 0.335. The van der Waals surface area contributed by atoms with E-state index in [0.29, 0.717) is 17.8 Å². The Balaban J connectivity index is 1.90. The van der Waals surface area contributed by atoms with Gasteiger partial charge in [0.05, 0.1) is 11.3 Å². The van der Waals surface area contributed by atoms with E-state index in [4.69, 9.17) is 0 Å². The van der Waals surface area contributed by atoms with Crippen LogP contribution in [0.15, 0.2) is 0 Å². The Kier molecular flexibility index (Phi) is 3.45. The molecule has 1 heterocycles. The highest BCUT2D eigenvalue weighted by Gasteiger charge is 2.55. The van der Waals surface area contributed by atoms with E-state index in [2.05, 4.69) is 3.11 Å². The van der Waals surface area contributed by atoms with Gasteiger partial charge in [-0.15, -0.1) is 0 Å². The van der Waals surface area contributed by atoms with Gasteiger partial charge in [0.15, 0.2) is 9.84 Å². The second-order valence-corrected chi connectivity index (χ2v) is 9.41. The highest BCUT2D eigenvalue weighted by molar-refractivity contribution is 7.92. The van der Waals surface area contributed by atoms with Crippen LogP contribution in [0.2, 0.25) is 0 Å². The summed E-state index contributed by atoms with van der Waals surface area (Å²) < 4.78 is 26.4. The Morgan fingerprint density at radius 1 is 1.00 bits per heavy atom. The number of nitrogens with zero attached hydrogens (tertiary/aromatic N) is 1. The van der Waals surface area contributed by atoms with Gasteiger partial charge in [0.25, 0.3) is 0 Å². The second kappa shape index (κ2) is 4.63. The Morgan fingerprint density at radius 2 is 1.76 bits per heavy atom. The molecule has 0 radical (unpaired) electrons. The molecule has 0 bridgehead atoms. The summed E-state index contributed by atoms with van der Waals surface area (Å²) in [6.45, 7) is 0. The molecule has 98 valence electrons. The van der Waals surface area contributed by atoms with Crippen LogP contribution in [0.1, 0.15) is 44.9 Å². The average molecular weight is 370 g/mol. The van der Waals surface area contributed by atoms with Crippen molar-refractivity contribution in [1.82, 2.24) is 3.11 Å². The van der Waals surface area contributed by atoms with Crippen LogP contribution in [-0.4, -0.2) is 28.7 Å². The molecule has 4 atom stereocenters. The van der Waals surface area contributed by atoms with Gasteiger partial charge in [-0.05, 0) is 31.1 Å². The third kappa shape index (κ3) is 2.16. The topological polar surface area (TPSA) is 37.4 Å². The maximum atomic E-state index is 12.1. The van der Waals surface area contributed by atoms with Crippen molar-refractivity contribution in [3.8, 4) is 0 Å². The number of hydrogen-bond donors (Lipinski definition) is 0. The van der Waals surface area contributed by atoms with Crippen LogP contribution in [0.3, 0.4) is 0 Å². The predicted octanol–water partition coefficient (Wildman–Crippen LogP) is -1.40. The Morgan fingerprint density at radius 3 is 2.59 bits per heavy atom. The van der Waals surface area contributed by atoms with Crippen molar-refractivity contribution >= 4 is 9.84 Å². The van der Waals surface area contributed by atoms with E-state index in [1.165, 1.54) is 32.1 Å². The lowest BCUT2D eigenvalue weighted by Gasteiger charge is -2.38. The molecule has 3 aliphatic rings. The van der Waals surface area contributed by atoms with Crippen LogP contribution >= 0.6 is 0 Å². The molecule has 1 aliphatic heterocycles. The number of halogens is 1. The molecular weight excluding hydrogens is 349 g/mol. The highest BCUT2D eigenvalue weighted by Crippen LogP contribution is 2.45. The number of sulfone groups is 1. The number of fused-ring (bicyclic) bond motifs is 3. The summed E-state index contributed by atoms with van der Waals surface area (Å²) in [6.07, 6.45) is 8.67. The van der Waals surface area contributed by atoms with E-state index in [0.717, 1.165) is 18.8 Å². The van der Waals surface area contributed by atoms with Gasteiger partial charge >= 0.3 is 22.9 Å². The molecule has 3 nitrogen and oxygen atoms in total. The highest BCUT2D eigenvalue weighted by atomic mass is 127. The molecule has 4 unspecified atom stereocenters. The van der Waals surface area contributed by atoms with Crippen LogP contribution in [0.4, 0.5) is 0 Å². The maximum absolute atomic E-state index is 12.1. The van der Waals surface area contributed by atoms with Crippen LogP contribution in [-0.2, 0) is 9.84 Å². The SMILES string of the molecule is O=S1(=O)CN([IH+])C2C3CCCCCC3CCC21. The maximum Gasteiger partial charge on any atom is 0.372 e. The fourth-order valence-corrected chi connectivity index (χ4v) is 8.55. The van der Waals surface area contributed by atoms with E-state index in [9.17, 15) is 8.42 Å². The van der Waals surface area contributed by atoms with Crippen molar-refractivity contribution in [2.24, 2.45) is 11.8 Å². The van der Waals surface area contributed by atoms with Gasteiger partial charge in [-0.1, -0.05) is 28.8 Å². The van der Waals surface area contributed by atoms with Gasteiger partial charge < -0.3 is 0 Å². The molecule has 0 aromatic rings. The van der Waals surface area contributed by atoms with E-state index < -0.39 is 9.84 Å². The zero-order valence-electron chi connectivity index (χ0n) is 10.0. The fraction of sp³-hybridized carbons (Fsp3) is 1.00. The van der Waals surface area contributed by atoms with Crippen molar-refractivity contribution in [2.75, 3.05) is 5.88 Å². The van der Waals surface area contributed by atoms with Gasteiger partial charge in [-0.25, -0.2) is 8.42 Å². The molecule has 0 spiro atoms. The van der Waals surface area contributed by atoms with Gasteiger partial charge in [-0.2, -0.15) is 0 Å². The molecule has 0 aromatic heterocycles. The van der Waals surface area contributed by atoms with Crippen LogP contribution in [0, 0.1) is 11.8 Å². The first-order chi connectivity index (χ1) is 8.09. The number of rotatable bonds is 0. The first-order valence-corrected chi connectivity index (χ1v) is 9.51. The Bertz CT molecular complexity index is 397. The standard InChI is InChI=1S/C12H21INO2S/c13-14-8-17(15,16)11-7-6-9-4-2-1-3-5-10(9)12(11)14/h9-13H,1-8H2/q+1. The van der Waals surface area contributed by atoms with Crippen molar-refractivity contribution in [1.29, 1.82) is 0 Å². The van der Waals surface area contributed by atoms with Crippen molar-refractivity contribution in [2.45, 2.75) is 56.2 Å². The van der Waals surface area contributed by atoms with Gasteiger partial charge in [-0.3, -0.25) is 0 Å². The van der Waals surface area contributed by atoms with Crippen molar-refractivity contribution in [3.63, 3.8) is 0 Å².